The van der Waals surface area contributed by atoms with Crippen LogP contribution in [0.15, 0.2) is 12.1 Å². The Hall–Kier alpha value is -1.04. The number of nitrogens with one attached hydrogen (secondary N) is 1. The maximum Gasteiger partial charge on any atom is 0.272 e. The van der Waals surface area contributed by atoms with Gasteiger partial charge in [-0.2, -0.15) is 0 Å². The molecule has 98 valence electrons. The average Bonchev–Trinajstić information content (AvgIpc) is 2.80. The van der Waals surface area contributed by atoms with Gasteiger partial charge in [0, 0.05) is 18.2 Å². The van der Waals surface area contributed by atoms with Gasteiger partial charge in [-0.15, -0.1) is 0 Å². The molecule has 0 spiro atoms. The number of nitrogens with zero attached hydrogens (tertiary/aromatic N) is 1. The Morgan fingerprint density at radius 1 is 1.44 bits per heavy atom. The van der Waals surface area contributed by atoms with Crippen LogP contribution in [0.3, 0.4) is 0 Å². The number of hydrogen-bond donors (Lipinski definition) is 1. The number of rotatable bonds is 4. The Balaban J connectivity index is 2.10. The van der Waals surface area contributed by atoms with E-state index in [-0.39, 0.29) is 21.8 Å². The van der Waals surface area contributed by atoms with E-state index in [0.717, 1.165) is 19.4 Å². The molecule has 2 rings (SSSR count). The van der Waals surface area contributed by atoms with Crippen LogP contribution in [-0.4, -0.2) is 24.1 Å². The Morgan fingerprint density at radius 3 is 2.61 bits per heavy atom. The lowest BCUT2D eigenvalue weighted by molar-refractivity contribution is -0.384. The van der Waals surface area contributed by atoms with Crippen LogP contribution in [0.25, 0.3) is 0 Å². The zero-order valence-electron chi connectivity index (χ0n) is 9.49. The number of benzene rings is 1. The zero-order valence-corrected chi connectivity index (χ0v) is 11.0. The lowest BCUT2D eigenvalue weighted by Gasteiger charge is -2.14. The third-order valence-corrected chi connectivity index (χ3v) is 3.35. The van der Waals surface area contributed by atoms with E-state index in [1.165, 1.54) is 12.1 Å². The van der Waals surface area contributed by atoms with Crippen LogP contribution < -0.4 is 10.1 Å². The Labute approximate surface area is 114 Å². The number of nitro groups is 1. The first-order valence-electron chi connectivity index (χ1n) is 5.57. The molecule has 1 aromatic carbocycles. The number of non-ortho nitro benzene ring substituents is 1. The first kappa shape index (κ1) is 13.4. The van der Waals surface area contributed by atoms with Gasteiger partial charge in [-0.3, -0.25) is 10.1 Å². The summed E-state index contributed by atoms with van der Waals surface area (Å²) in [6, 6.07) is 2.77. The topological polar surface area (TPSA) is 64.4 Å². The van der Waals surface area contributed by atoms with Crippen molar-refractivity contribution in [3.8, 4) is 5.75 Å². The molecule has 0 radical (unpaired) electrons. The molecule has 1 atom stereocenters. The van der Waals surface area contributed by atoms with Gasteiger partial charge in [0.2, 0.25) is 0 Å². The van der Waals surface area contributed by atoms with E-state index in [1.807, 2.05) is 0 Å². The number of nitro benzene ring substituents is 1. The van der Waals surface area contributed by atoms with Gasteiger partial charge in [-0.05, 0) is 19.4 Å². The van der Waals surface area contributed by atoms with Gasteiger partial charge in [0.25, 0.3) is 5.69 Å². The van der Waals surface area contributed by atoms with E-state index in [2.05, 4.69) is 5.32 Å². The maximum absolute atomic E-state index is 10.6. The van der Waals surface area contributed by atoms with Crippen molar-refractivity contribution in [2.24, 2.45) is 0 Å². The molecule has 1 saturated heterocycles. The smallest absolute Gasteiger partial charge is 0.272 e. The fourth-order valence-electron chi connectivity index (χ4n) is 1.87. The molecule has 1 aliphatic heterocycles. The normalized spacial score (nSPS) is 18.9. The van der Waals surface area contributed by atoms with Gasteiger partial charge < -0.3 is 10.1 Å². The van der Waals surface area contributed by atoms with Crippen molar-refractivity contribution in [3.63, 3.8) is 0 Å². The van der Waals surface area contributed by atoms with Crippen LogP contribution in [0.2, 0.25) is 10.0 Å². The molecule has 1 aromatic rings. The van der Waals surface area contributed by atoms with Gasteiger partial charge in [0.05, 0.1) is 15.0 Å². The van der Waals surface area contributed by atoms with Crippen molar-refractivity contribution in [2.45, 2.75) is 18.9 Å². The van der Waals surface area contributed by atoms with Crippen LogP contribution in [0.4, 0.5) is 5.69 Å². The van der Waals surface area contributed by atoms with Crippen LogP contribution in [0, 0.1) is 10.1 Å². The van der Waals surface area contributed by atoms with Gasteiger partial charge in [0.15, 0.2) is 5.75 Å². The lowest BCUT2D eigenvalue weighted by Crippen LogP contribution is -2.28. The highest BCUT2D eigenvalue weighted by atomic mass is 35.5. The predicted molar refractivity (Wildman–Crippen MR) is 69.6 cm³/mol. The Morgan fingerprint density at radius 2 is 2.11 bits per heavy atom. The first-order valence-corrected chi connectivity index (χ1v) is 6.33. The second-order valence-electron chi connectivity index (χ2n) is 4.10. The van der Waals surface area contributed by atoms with Gasteiger partial charge in [-0.25, -0.2) is 0 Å². The third kappa shape index (κ3) is 3.04. The first-order chi connectivity index (χ1) is 8.58. The lowest BCUT2D eigenvalue weighted by atomic mass is 10.2. The van der Waals surface area contributed by atoms with Crippen molar-refractivity contribution in [1.82, 2.24) is 5.32 Å². The Bertz CT molecular complexity index is 439. The summed E-state index contributed by atoms with van der Waals surface area (Å²) >= 11 is 11.9. The summed E-state index contributed by atoms with van der Waals surface area (Å²) in [5.41, 5.74) is -0.142. The molecule has 5 nitrogen and oxygen atoms in total. The highest BCUT2D eigenvalue weighted by Gasteiger charge is 2.19. The minimum Gasteiger partial charge on any atom is -0.489 e. The van der Waals surface area contributed by atoms with Gasteiger partial charge in [0.1, 0.15) is 6.61 Å². The van der Waals surface area contributed by atoms with Crippen molar-refractivity contribution in [1.29, 1.82) is 0 Å². The van der Waals surface area contributed by atoms with Gasteiger partial charge in [-0.1, -0.05) is 23.2 Å². The van der Waals surface area contributed by atoms with E-state index in [1.54, 1.807) is 0 Å². The van der Waals surface area contributed by atoms with Crippen molar-refractivity contribution >= 4 is 28.9 Å². The SMILES string of the molecule is O=[N+]([O-])c1cc(Cl)c(OC[C@H]2CCCN2)c(Cl)c1. The molecule has 1 heterocycles. The number of halogens is 2. The summed E-state index contributed by atoms with van der Waals surface area (Å²) in [6.45, 7) is 1.44. The summed E-state index contributed by atoms with van der Waals surface area (Å²) in [6.07, 6.45) is 2.16. The van der Waals surface area contributed by atoms with Crippen LogP contribution >= 0.6 is 23.2 Å². The molecule has 0 aromatic heterocycles. The molecule has 0 saturated carbocycles. The summed E-state index contributed by atoms with van der Waals surface area (Å²) < 4.78 is 5.54. The van der Waals surface area contributed by atoms with Crippen LogP contribution in [0.5, 0.6) is 5.75 Å². The summed E-state index contributed by atoms with van der Waals surface area (Å²) in [5, 5.41) is 14.2. The monoisotopic (exact) mass is 290 g/mol. The molecule has 7 heteroatoms. The molecule has 0 amide bonds. The van der Waals surface area contributed by atoms with Crippen molar-refractivity contribution < 1.29 is 9.66 Å². The van der Waals surface area contributed by atoms with E-state index in [0.29, 0.717) is 12.4 Å². The molecule has 0 unspecified atom stereocenters. The number of ether oxygens (including phenoxy) is 1. The zero-order chi connectivity index (χ0) is 13.1. The minimum atomic E-state index is -0.542. The predicted octanol–water partition coefficient (Wildman–Crippen LogP) is 3.03. The fourth-order valence-corrected chi connectivity index (χ4v) is 2.46. The van der Waals surface area contributed by atoms with Crippen LogP contribution in [-0.2, 0) is 0 Å². The summed E-state index contributed by atoms with van der Waals surface area (Å²) in [7, 11) is 0. The molecule has 1 N–H and O–H groups in total. The Kier molecular flexibility index (Phi) is 4.27. The highest BCUT2D eigenvalue weighted by molar-refractivity contribution is 6.37. The highest BCUT2D eigenvalue weighted by Crippen LogP contribution is 2.36. The summed E-state index contributed by atoms with van der Waals surface area (Å²) in [4.78, 5) is 10.1. The fraction of sp³-hybridized carbons (Fsp3) is 0.455. The third-order valence-electron chi connectivity index (χ3n) is 2.79. The molecule has 1 aliphatic rings. The second-order valence-corrected chi connectivity index (χ2v) is 4.91. The quantitative estimate of drug-likeness (QED) is 0.684. The van der Waals surface area contributed by atoms with Gasteiger partial charge >= 0.3 is 0 Å². The largest absolute Gasteiger partial charge is 0.489 e. The van der Waals surface area contributed by atoms with Crippen molar-refractivity contribution in [2.75, 3.05) is 13.2 Å². The molecule has 0 aliphatic carbocycles. The van der Waals surface area contributed by atoms with Crippen LogP contribution in [0.1, 0.15) is 12.8 Å². The minimum absolute atomic E-state index is 0.142. The number of hydrogen-bond acceptors (Lipinski definition) is 4. The molecule has 1 fully saturated rings. The van der Waals surface area contributed by atoms with E-state index < -0.39 is 4.92 Å². The average molecular weight is 291 g/mol. The van der Waals surface area contributed by atoms with E-state index in [9.17, 15) is 10.1 Å². The van der Waals surface area contributed by atoms with E-state index >= 15 is 0 Å². The molecule has 0 bridgehead atoms. The maximum atomic E-state index is 10.6. The molecular formula is C11H12Cl2N2O3. The summed E-state index contributed by atoms with van der Waals surface area (Å²) in [5.74, 6) is 0.303. The van der Waals surface area contributed by atoms with Crippen molar-refractivity contribution in [3.05, 3.63) is 32.3 Å². The standard InChI is InChI=1S/C11H12Cl2N2O3/c12-9-4-8(15(16)17)5-10(13)11(9)18-6-7-2-1-3-14-7/h4-5,7,14H,1-3,6H2/t7-/m1/s1. The molecule has 18 heavy (non-hydrogen) atoms. The second kappa shape index (κ2) is 5.73. The molecular weight excluding hydrogens is 279 g/mol. The van der Waals surface area contributed by atoms with E-state index in [4.69, 9.17) is 27.9 Å².